The molecular formula is C27H21N3O4. The lowest BCUT2D eigenvalue weighted by molar-refractivity contribution is -0.148. The minimum Gasteiger partial charge on any atom is -0.425 e. The van der Waals surface area contributed by atoms with Crippen molar-refractivity contribution in [3.05, 3.63) is 66.9 Å². The lowest BCUT2D eigenvalue weighted by Crippen LogP contribution is -2.40. The molecule has 1 aliphatic heterocycles. The number of imide groups is 1. The molecule has 3 fully saturated rings. The van der Waals surface area contributed by atoms with Crippen LogP contribution in [0.3, 0.4) is 0 Å². The number of hydrogen-bond donors (Lipinski definition) is 0. The quantitative estimate of drug-likeness (QED) is 0.262. The van der Waals surface area contributed by atoms with Crippen LogP contribution in [0.1, 0.15) is 6.42 Å². The molecule has 1 saturated heterocycles. The van der Waals surface area contributed by atoms with E-state index in [4.69, 9.17) is 4.74 Å². The number of ether oxygens (including phenoxy) is 1. The van der Waals surface area contributed by atoms with Gasteiger partial charge in [-0.15, -0.1) is 0 Å². The number of para-hydroxylation sites is 2. The summed E-state index contributed by atoms with van der Waals surface area (Å²) < 4.78 is 5.45. The topological polar surface area (TPSA) is 89.5 Å². The van der Waals surface area contributed by atoms with Crippen LogP contribution in [0.4, 0.5) is 0 Å². The van der Waals surface area contributed by atoms with Crippen molar-refractivity contribution in [1.82, 2.24) is 14.9 Å². The molecule has 2 aromatic carbocycles. The zero-order valence-electron chi connectivity index (χ0n) is 18.2. The maximum Gasteiger partial charge on any atom is 0.331 e. The number of likely N-dealkylation sites (tertiary alicyclic amines) is 1. The Labute approximate surface area is 195 Å². The molecule has 2 amide bonds. The maximum atomic E-state index is 13.0. The van der Waals surface area contributed by atoms with Gasteiger partial charge in [-0.25, -0.2) is 9.78 Å². The van der Waals surface area contributed by atoms with Gasteiger partial charge in [0.15, 0.2) is 0 Å². The van der Waals surface area contributed by atoms with Gasteiger partial charge < -0.3 is 4.74 Å². The van der Waals surface area contributed by atoms with E-state index in [1.165, 1.54) is 0 Å². The first-order chi connectivity index (χ1) is 16.6. The highest BCUT2D eigenvalue weighted by atomic mass is 16.5. The number of nitrogens with zero attached hydrogens (tertiary/aromatic N) is 3. The second-order valence-corrected chi connectivity index (χ2v) is 9.66. The standard InChI is InChI=1S/C27H21N3O4/c31-23(13-30-26(32)24-16-9-10-17(19-11-18(16)19)25(24)27(30)33)34-15-7-5-14(6-8-15)22-12-28-20-3-1-2-4-21(20)29-22/h1-10,12,16-19,24-25H,11,13H2/t16-,17-,18-,19+,24+,25+/m0/s1. The van der Waals surface area contributed by atoms with Crippen molar-refractivity contribution < 1.29 is 19.1 Å². The summed E-state index contributed by atoms with van der Waals surface area (Å²) in [5.74, 6) is 0.0282. The molecule has 2 bridgehead atoms. The fraction of sp³-hybridized carbons (Fsp3) is 0.296. The minimum absolute atomic E-state index is 0.142. The summed E-state index contributed by atoms with van der Waals surface area (Å²) in [6, 6.07) is 14.6. The summed E-state index contributed by atoms with van der Waals surface area (Å²) in [6.07, 6.45) is 7.06. The number of rotatable bonds is 4. The Balaban J connectivity index is 1.04. The van der Waals surface area contributed by atoms with Gasteiger partial charge in [0.1, 0.15) is 12.3 Å². The van der Waals surface area contributed by atoms with Crippen LogP contribution < -0.4 is 4.74 Å². The molecule has 8 rings (SSSR count). The highest BCUT2D eigenvalue weighted by molar-refractivity contribution is 6.08. The number of benzene rings is 2. The minimum atomic E-state index is -0.621. The summed E-state index contributed by atoms with van der Waals surface area (Å²) in [6.45, 7) is -0.350. The van der Waals surface area contributed by atoms with E-state index < -0.39 is 5.97 Å². The van der Waals surface area contributed by atoms with Crippen molar-refractivity contribution in [3.63, 3.8) is 0 Å². The summed E-state index contributed by atoms with van der Waals surface area (Å²) in [4.78, 5) is 48.9. The van der Waals surface area contributed by atoms with Gasteiger partial charge in [-0.05, 0) is 66.5 Å². The number of carbonyl (C=O) groups excluding carboxylic acids is 3. The lowest BCUT2D eigenvalue weighted by atomic mass is 9.63. The molecule has 0 unspecified atom stereocenters. The predicted molar refractivity (Wildman–Crippen MR) is 122 cm³/mol. The third-order valence-corrected chi connectivity index (χ3v) is 7.87. The number of fused-ring (bicyclic) bond motifs is 1. The molecule has 7 heteroatoms. The smallest absolute Gasteiger partial charge is 0.331 e. The molecule has 6 atom stereocenters. The SMILES string of the molecule is O=C(CN1C(=O)[C@@H]2[C@H]3C=C[C@@H]([C@@H]4C[C@H]34)[C@H]2C1=O)Oc1ccc(-c2cnc3ccccc3n2)cc1. The Kier molecular flexibility index (Phi) is 4.07. The maximum absolute atomic E-state index is 13.0. The average Bonchev–Trinajstić information content (AvgIpc) is 3.65. The van der Waals surface area contributed by atoms with Crippen molar-refractivity contribution in [2.45, 2.75) is 6.42 Å². The van der Waals surface area contributed by atoms with E-state index >= 15 is 0 Å². The fourth-order valence-electron chi connectivity index (χ4n) is 6.26. The molecule has 5 aliphatic rings. The molecule has 0 N–H and O–H groups in total. The van der Waals surface area contributed by atoms with Crippen molar-refractivity contribution in [3.8, 4) is 17.0 Å². The summed E-state index contributed by atoms with van der Waals surface area (Å²) >= 11 is 0. The Morgan fingerprint density at radius 3 is 2.24 bits per heavy atom. The zero-order chi connectivity index (χ0) is 23.0. The van der Waals surface area contributed by atoms with E-state index in [1.54, 1.807) is 30.5 Å². The Bertz CT molecular complexity index is 1360. The number of amides is 2. The second-order valence-electron chi connectivity index (χ2n) is 9.66. The van der Waals surface area contributed by atoms with E-state index in [-0.39, 0.29) is 42.0 Å². The molecule has 2 saturated carbocycles. The van der Waals surface area contributed by atoms with Gasteiger partial charge in [0.2, 0.25) is 11.8 Å². The first kappa shape index (κ1) is 19.6. The Hall–Kier alpha value is -3.87. The normalized spacial score (nSPS) is 30.4. The van der Waals surface area contributed by atoms with Crippen LogP contribution in [-0.2, 0) is 14.4 Å². The van der Waals surface area contributed by atoms with E-state index in [0.29, 0.717) is 23.3 Å². The van der Waals surface area contributed by atoms with Crippen molar-refractivity contribution in [2.24, 2.45) is 35.5 Å². The molecular weight excluding hydrogens is 430 g/mol. The third-order valence-electron chi connectivity index (χ3n) is 7.87. The Morgan fingerprint density at radius 1 is 0.912 bits per heavy atom. The molecule has 1 aromatic heterocycles. The van der Waals surface area contributed by atoms with Crippen LogP contribution in [0.5, 0.6) is 5.75 Å². The third kappa shape index (κ3) is 2.86. The van der Waals surface area contributed by atoms with Crippen LogP contribution >= 0.6 is 0 Å². The largest absolute Gasteiger partial charge is 0.425 e. The Morgan fingerprint density at radius 2 is 1.56 bits per heavy atom. The van der Waals surface area contributed by atoms with Gasteiger partial charge in [-0.3, -0.25) is 19.5 Å². The van der Waals surface area contributed by atoms with Gasteiger partial charge in [0, 0.05) is 5.56 Å². The molecule has 7 nitrogen and oxygen atoms in total. The highest BCUT2D eigenvalue weighted by Crippen LogP contribution is 2.65. The van der Waals surface area contributed by atoms with Crippen LogP contribution in [0.2, 0.25) is 0 Å². The van der Waals surface area contributed by atoms with Gasteiger partial charge in [0.25, 0.3) is 0 Å². The molecule has 0 radical (unpaired) electrons. The van der Waals surface area contributed by atoms with Gasteiger partial charge in [-0.2, -0.15) is 0 Å². The lowest BCUT2D eigenvalue weighted by Gasteiger charge is -2.37. The second kappa shape index (κ2) is 7.06. The predicted octanol–water partition coefficient (Wildman–Crippen LogP) is 3.26. The highest BCUT2D eigenvalue weighted by Gasteiger charge is 2.67. The van der Waals surface area contributed by atoms with E-state index in [2.05, 4.69) is 22.1 Å². The van der Waals surface area contributed by atoms with E-state index in [0.717, 1.165) is 27.9 Å². The average molecular weight is 451 g/mol. The van der Waals surface area contributed by atoms with Gasteiger partial charge in [-0.1, -0.05) is 24.3 Å². The van der Waals surface area contributed by atoms with Crippen LogP contribution in [-0.4, -0.2) is 39.2 Å². The zero-order valence-corrected chi connectivity index (χ0v) is 18.2. The number of carbonyl (C=O) groups is 3. The number of allylic oxidation sites excluding steroid dienone is 2. The number of hydrogen-bond acceptors (Lipinski definition) is 6. The van der Waals surface area contributed by atoms with E-state index in [9.17, 15) is 14.4 Å². The molecule has 4 aliphatic carbocycles. The first-order valence-electron chi connectivity index (χ1n) is 11.6. The molecule has 34 heavy (non-hydrogen) atoms. The molecule has 168 valence electrons. The number of aromatic nitrogens is 2. The van der Waals surface area contributed by atoms with Crippen molar-refractivity contribution in [2.75, 3.05) is 6.54 Å². The van der Waals surface area contributed by atoms with Crippen LogP contribution in [0.25, 0.3) is 22.3 Å². The fourth-order valence-corrected chi connectivity index (χ4v) is 6.26. The molecule has 0 spiro atoms. The first-order valence-corrected chi connectivity index (χ1v) is 11.6. The van der Waals surface area contributed by atoms with Crippen molar-refractivity contribution in [1.29, 1.82) is 0 Å². The monoisotopic (exact) mass is 451 g/mol. The molecule has 2 heterocycles. The number of esters is 1. The summed E-state index contributed by atoms with van der Waals surface area (Å²) in [5.41, 5.74) is 3.18. The van der Waals surface area contributed by atoms with E-state index in [1.807, 2.05) is 24.3 Å². The van der Waals surface area contributed by atoms with Crippen LogP contribution in [0.15, 0.2) is 66.9 Å². The van der Waals surface area contributed by atoms with Gasteiger partial charge in [0.05, 0.1) is 34.8 Å². The molecule has 3 aromatic rings. The summed E-state index contributed by atoms with van der Waals surface area (Å²) in [7, 11) is 0. The van der Waals surface area contributed by atoms with Crippen LogP contribution in [0, 0.1) is 35.5 Å². The van der Waals surface area contributed by atoms with Gasteiger partial charge >= 0.3 is 5.97 Å². The van der Waals surface area contributed by atoms with Crippen molar-refractivity contribution >= 4 is 28.8 Å². The summed E-state index contributed by atoms with van der Waals surface area (Å²) in [5, 5.41) is 0.